The molecule has 0 saturated heterocycles. The molecular formula is C14H13F2NO2. The summed E-state index contributed by atoms with van der Waals surface area (Å²) in [5, 5.41) is 8.84. The first kappa shape index (κ1) is 13.4. The van der Waals surface area contributed by atoms with Crippen molar-refractivity contribution < 1.29 is 18.6 Å². The zero-order valence-electron chi connectivity index (χ0n) is 10.4. The number of aliphatic hydroxyl groups is 1. The molecule has 0 fully saturated rings. The third-order valence-corrected chi connectivity index (χ3v) is 2.71. The van der Waals surface area contributed by atoms with Crippen molar-refractivity contribution in [2.45, 2.75) is 20.1 Å². The van der Waals surface area contributed by atoms with Crippen molar-refractivity contribution in [3.63, 3.8) is 0 Å². The number of aryl methyl sites for hydroxylation is 1. The largest absolute Gasteiger partial charge is 0.481 e. The summed E-state index contributed by atoms with van der Waals surface area (Å²) in [6.45, 7) is 1.40. The van der Waals surface area contributed by atoms with Crippen molar-refractivity contribution in [3.05, 3.63) is 58.9 Å². The van der Waals surface area contributed by atoms with Gasteiger partial charge in [-0.25, -0.2) is 8.78 Å². The van der Waals surface area contributed by atoms with E-state index < -0.39 is 24.0 Å². The number of benzene rings is 1. The maximum atomic E-state index is 13.6. The molecule has 0 bridgehead atoms. The van der Waals surface area contributed by atoms with E-state index in [1.807, 2.05) is 13.0 Å². The molecule has 100 valence electrons. The lowest BCUT2D eigenvalue weighted by molar-refractivity contribution is 0.263. The fourth-order valence-corrected chi connectivity index (χ4v) is 1.65. The molecule has 0 saturated carbocycles. The van der Waals surface area contributed by atoms with Gasteiger partial charge in [-0.05, 0) is 36.2 Å². The van der Waals surface area contributed by atoms with Gasteiger partial charge in [0.1, 0.15) is 6.61 Å². The van der Waals surface area contributed by atoms with Gasteiger partial charge >= 0.3 is 0 Å². The van der Waals surface area contributed by atoms with Crippen LogP contribution < -0.4 is 4.74 Å². The number of halogens is 2. The van der Waals surface area contributed by atoms with Gasteiger partial charge in [-0.15, -0.1) is 0 Å². The Morgan fingerprint density at radius 3 is 2.53 bits per heavy atom. The lowest BCUT2D eigenvalue weighted by Gasteiger charge is -2.10. The Hall–Kier alpha value is -2.01. The normalized spacial score (nSPS) is 10.5. The Balaban J connectivity index is 2.18. The van der Waals surface area contributed by atoms with E-state index in [2.05, 4.69) is 4.98 Å². The number of rotatable bonds is 4. The number of hydrogen-bond donors (Lipinski definition) is 1. The van der Waals surface area contributed by atoms with E-state index in [1.165, 1.54) is 0 Å². The van der Waals surface area contributed by atoms with Crippen molar-refractivity contribution in [2.24, 2.45) is 0 Å². The van der Waals surface area contributed by atoms with E-state index in [9.17, 15) is 8.78 Å². The Kier molecular flexibility index (Phi) is 4.06. The first-order chi connectivity index (χ1) is 9.11. The summed E-state index contributed by atoms with van der Waals surface area (Å²) in [5.41, 5.74) is 1.67. The molecule has 1 aromatic heterocycles. The number of hydrogen-bond acceptors (Lipinski definition) is 3. The fraction of sp³-hybridized carbons (Fsp3) is 0.214. The van der Waals surface area contributed by atoms with Crippen molar-refractivity contribution in [1.82, 2.24) is 4.98 Å². The van der Waals surface area contributed by atoms with E-state index in [1.54, 1.807) is 12.3 Å². The zero-order chi connectivity index (χ0) is 13.8. The highest BCUT2D eigenvalue weighted by atomic mass is 19.1. The minimum atomic E-state index is -0.836. The third kappa shape index (κ3) is 3.06. The molecule has 0 radical (unpaired) electrons. The van der Waals surface area contributed by atoms with Crippen LogP contribution >= 0.6 is 0 Å². The molecule has 5 heteroatoms. The van der Waals surface area contributed by atoms with E-state index in [4.69, 9.17) is 9.84 Å². The van der Waals surface area contributed by atoms with Crippen LogP contribution in [0.15, 0.2) is 30.5 Å². The van der Waals surface area contributed by atoms with Gasteiger partial charge in [0.25, 0.3) is 0 Å². The van der Waals surface area contributed by atoms with E-state index in [0.717, 1.165) is 17.7 Å². The first-order valence-corrected chi connectivity index (χ1v) is 5.74. The van der Waals surface area contributed by atoms with Crippen LogP contribution in [-0.4, -0.2) is 10.1 Å². The van der Waals surface area contributed by atoms with E-state index in [0.29, 0.717) is 5.69 Å². The fourth-order valence-electron chi connectivity index (χ4n) is 1.65. The molecule has 0 aliphatic rings. The summed E-state index contributed by atoms with van der Waals surface area (Å²) in [5.74, 6) is -2.13. The molecule has 1 aromatic carbocycles. The third-order valence-electron chi connectivity index (χ3n) is 2.71. The molecule has 0 unspecified atom stereocenters. The molecule has 0 aliphatic heterocycles. The topological polar surface area (TPSA) is 42.4 Å². The molecule has 3 nitrogen and oxygen atoms in total. The summed E-state index contributed by atoms with van der Waals surface area (Å²) >= 11 is 0. The molecule has 1 N–H and O–H groups in total. The Morgan fingerprint density at radius 1 is 1.26 bits per heavy atom. The smallest absolute Gasteiger partial charge is 0.191 e. The van der Waals surface area contributed by atoms with Gasteiger partial charge in [0.15, 0.2) is 17.4 Å². The van der Waals surface area contributed by atoms with Crippen LogP contribution in [0, 0.1) is 18.6 Å². The first-order valence-electron chi connectivity index (χ1n) is 5.74. The molecule has 0 spiro atoms. The van der Waals surface area contributed by atoms with Gasteiger partial charge in [0, 0.05) is 6.20 Å². The summed E-state index contributed by atoms with van der Waals surface area (Å²) < 4.78 is 32.3. The van der Waals surface area contributed by atoms with Crippen LogP contribution in [0.1, 0.15) is 16.8 Å². The second kappa shape index (κ2) is 5.75. The van der Waals surface area contributed by atoms with Gasteiger partial charge < -0.3 is 9.84 Å². The molecule has 0 atom stereocenters. The van der Waals surface area contributed by atoms with Crippen molar-refractivity contribution >= 4 is 0 Å². The lowest BCUT2D eigenvalue weighted by atomic mass is 10.2. The number of aliphatic hydroxyl groups excluding tert-OH is 1. The molecule has 2 aromatic rings. The van der Waals surface area contributed by atoms with Crippen LogP contribution in [0.3, 0.4) is 0 Å². The molecule has 2 rings (SSSR count). The maximum absolute atomic E-state index is 13.6. The maximum Gasteiger partial charge on any atom is 0.191 e. The van der Waals surface area contributed by atoms with Crippen LogP contribution in [0.5, 0.6) is 5.75 Å². The van der Waals surface area contributed by atoms with Crippen molar-refractivity contribution in [3.8, 4) is 5.75 Å². The van der Waals surface area contributed by atoms with Gasteiger partial charge in [-0.3, -0.25) is 4.98 Å². The minimum Gasteiger partial charge on any atom is -0.481 e. The van der Waals surface area contributed by atoms with E-state index >= 15 is 0 Å². The quantitative estimate of drug-likeness (QED) is 0.924. The van der Waals surface area contributed by atoms with Gasteiger partial charge in [0.05, 0.1) is 12.3 Å². The van der Waals surface area contributed by atoms with Crippen LogP contribution in [0.25, 0.3) is 0 Å². The number of aromatic nitrogens is 1. The van der Waals surface area contributed by atoms with Gasteiger partial charge in [0.2, 0.25) is 0 Å². The lowest BCUT2D eigenvalue weighted by Crippen LogP contribution is -2.04. The van der Waals surface area contributed by atoms with Crippen LogP contribution in [0.4, 0.5) is 8.78 Å². The molecule has 19 heavy (non-hydrogen) atoms. The second-order valence-electron chi connectivity index (χ2n) is 4.10. The molecular weight excluding hydrogens is 252 g/mol. The second-order valence-corrected chi connectivity index (χ2v) is 4.10. The average molecular weight is 265 g/mol. The predicted octanol–water partition coefficient (Wildman–Crippen LogP) is 2.74. The summed E-state index contributed by atoms with van der Waals surface area (Å²) in [7, 11) is 0. The summed E-state index contributed by atoms with van der Waals surface area (Å²) in [6, 6.07) is 5.71. The van der Waals surface area contributed by atoms with E-state index in [-0.39, 0.29) is 12.2 Å². The van der Waals surface area contributed by atoms with Gasteiger partial charge in [-0.2, -0.15) is 0 Å². The highest BCUT2D eigenvalue weighted by Gasteiger charge is 2.13. The predicted molar refractivity (Wildman–Crippen MR) is 65.6 cm³/mol. The number of ether oxygens (including phenoxy) is 1. The average Bonchev–Trinajstić information content (AvgIpc) is 2.39. The number of nitrogens with zero attached hydrogens (tertiary/aromatic N) is 1. The minimum absolute atomic E-state index is 0.0149. The summed E-state index contributed by atoms with van der Waals surface area (Å²) in [4.78, 5) is 4.08. The molecule has 0 amide bonds. The number of pyridine rings is 1. The standard InChI is InChI=1S/C14H13F2NO2/c1-9-3-2-4-17-13(9)8-19-14-11(15)5-10(7-18)6-12(14)16/h2-6,18H,7-8H2,1H3. The zero-order valence-corrected chi connectivity index (χ0v) is 10.4. The van der Waals surface area contributed by atoms with Crippen LogP contribution in [-0.2, 0) is 13.2 Å². The highest BCUT2D eigenvalue weighted by molar-refractivity contribution is 5.31. The monoisotopic (exact) mass is 265 g/mol. The molecule has 1 heterocycles. The summed E-state index contributed by atoms with van der Waals surface area (Å²) in [6.07, 6.45) is 1.59. The van der Waals surface area contributed by atoms with Crippen LogP contribution in [0.2, 0.25) is 0 Å². The van der Waals surface area contributed by atoms with Crippen molar-refractivity contribution in [1.29, 1.82) is 0 Å². The Bertz CT molecular complexity index is 564. The van der Waals surface area contributed by atoms with Gasteiger partial charge in [-0.1, -0.05) is 6.07 Å². The molecule has 0 aliphatic carbocycles. The Labute approximate surface area is 109 Å². The highest BCUT2D eigenvalue weighted by Crippen LogP contribution is 2.24. The Morgan fingerprint density at radius 2 is 1.95 bits per heavy atom. The van der Waals surface area contributed by atoms with Crippen molar-refractivity contribution in [2.75, 3.05) is 0 Å². The SMILES string of the molecule is Cc1cccnc1COc1c(F)cc(CO)cc1F.